The van der Waals surface area contributed by atoms with E-state index in [-0.39, 0.29) is 0 Å². The molecule has 0 amide bonds. The van der Waals surface area contributed by atoms with E-state index in [0.717, 1.165) is 24.5 Å². The monoisotopic (exact) mass is 257 g/mol. The van der Waals surface area contributed by atoms with Gasteiger partial charge in [-0.1, -0.05) is 17.3 Å². The number of anilines is 1. The Morgan fingerprint density at radius 1 is 1.37 bits per heavy atom. The topological polar surface area (TPSA) is 60.0 Å². The molecule has 0 radical (unpaired) electrons. The van der Waals surface area contributed by atoms with Crippen molar-refractivity contribution in [2.45, 2.75) is 32.0 Å². The number of nitrogens with zero attached hydrogens (tertiary/aromatic N) is 4. The molecular formula is C14H19N5. The van der Waals surface area contributed by atoms with Gasteiger partial charge in [0, 0.05) is 38.1 Å². The smallest absolute Gasteiger partial charge is 0.0967 e. The predicted octanol–water partition coefficient (Wildman–Crippen LogP) is 1.56. The molecule has 100 valence electrons. The van der Waals surface area contributed by atoms with Crippen molar-refractivity contribution < 1.29 is 0 Å². The van der Waals surface area contributed by atoms with Crippen molar-refractivity contribution in [3.63, 3.8) is 0 Å². The second kappa shape index (κ2) is 5.01. The summed E-state index contributed by atoms with van der Waals surface area (Å²) in [6, 6.07) is 8.80. The summed E-state index contributed by atoms with van der Waals surface area (Å²) in [6.07, 6.45) is 4.54. The highest BCUT2D eigenvalue weighted by atomic mass is 15.4. The molecule has 3 rings (SSSR count). The summed E-state index contributed by atoms with van der Waals surface area (Å²) < 4.78 is 1.75. The number of hydrogen-bond donors (Lipinski definition) is 1. The molecule has 0 unspecified atom stereocenters. The molecule has 5 heteroatoms. The third-order valence-electron chi connectivity index (χ3n) is 3.42. The van der Waals surface area contributed by atoms with Gasteiger partial charge in [0.25, 0.3) is 0 Å². The van der Waals surface area contributed by atoms with Gasteiger partial charge in [0.1, 0.15) is 0 Å². The molecule has 1 aromatic carbocycles. The summed E-state index contributed by atoms with van der Waals surface area (Å²) in [5.74, 6) is 0. The maximum absolute atomic E-state index is 5.84. The van der Waals surface area contributed by atoms with E-state index in [1.165, 1.54) is 18.4 Å². The lowest BCUT2D eigenvalue weighted by Crippen LogP contribution is -2.25. The summed E-state index contributed by atoms with van der Waals surface area (Å²) >= 11 is 0. The van der Waals surface area contributed by atoms with Gasteiger partial charge in [0.2, 0.25) is 0 Å². The van der Waals surface area contributed by atoms with Crippen molar-refractivity contribution in [1.82, 2.24) is 19.9 Å². The van der Waals surface area contributed by atoms with Crippen LogP contribution in [0.3, 0.4) is 0 Å². The molecule has 19 heavy (non-hydrogen) atoms. The fourth-order valence-electron chi connectivity index (χ4n) is 2.36. The Morgan fingerprint density at radius 2 is 2.21 bits per heavy atom. The van der Waals surface area contributed by atoms with Crippen molar-refractivity contribution in [3.05, 3.63) is 41.7 Å². The summed E-state index contributed by atoms with van der Waals surface area (Å²) in [5, 5.41) is 8.16. The molecule has 0 atom stereocenters. The lowest BCUT2D eigenvalue weighted by atomic mass is 10.2. The van der Waals surface area contributed by atoms with Crippen LogP contribution in [0, 0.1) is 0 Å². The molecule has 1 aliphatic carbocycles. The maximum atomic E-state index is 5.84. The first-order chi connectivity index (χ1) is 9.20. The van der Waals surface area contributed by atoms with Crippen LogP contribution >= 0.6 is 0 Å². The van der Waals surface area contributed by atoms with Crippen LogP contribution in [0.15, 0.2) is 30.5 Å². The molecule has 0 spiro atoms. The third-order valence-corrected chi connectivity index (χ3v) is 3.42. The van der Waals surface area contributed by atoms with E-state index >= 15 is 0 Å². The van der Waals surface area contributed by atoms with Gasteiger partial charge >= 0.3 is 0 Å². The SMILES string of the molecule is Cn1cc(CN(Cc2cccc(N)c2)C2CC2)nn1. The van der Waals surface area contributed by atoms with Crippen LogP contribution < -0.4 is 5.73 Å². The van der Waals surface area contributed by atoms with E-state index in [1.807, 2.05) is 31.4 Å². The van der Waals surface area contributed by atoms with Crippen LogP contribution in [0.5, 0.6) is 0 Å². The van der Waals surface area contributed by atoms with Crippen molar-refractivity contribution >= 4 is 5.69 Å². The average molecular weight is 257 g/mol. The van der Waals surface area contributed by atoms with Crippen LogP contribution in [0.1, 0.15) is 24.1 Å². The van der Waals surface area contributed by atoms with Crippen LogP contribution in [-0.4, -0.2) is 25.9 Å². The molecule has 1 aromatic heterocycles. The van der Waals surface area contributed by atoms with E-state index < -0.39 is 0 Å². The van der Waals surface area contributed by atoms with Crippen molar-refractivity contribution in [3.8, 4) is 0 Å². The number of rotatable bonds is 5. The Balaban J connectivity index is 1.71. The van der Waals surface area contributed by atoms with E-state index in [1.54, 1.807) is 4.68 Å². The van der Waals surface area contributed by atoms with Crippen molar-refractivity contribution in [2.75, 3.05) is 5.73 Å². The summed E-state index contributed by atoms with van der Waals surface area (Å²) in [4.78, 5) is 2.46. The van der Waals surface area contributed by atoms with E-state index in [0.29, 0.717) is 6.04 Å². The molecule has 2 N–H and O–H groups in total. The van der Waals surface area contributed by atoms with Crippen LogP contribution in [0.4, 0.5) is 5.69 Å². The molecule has 1 fully saturated rings. The standard InChI is InChI=1S/C14H19N5/c1-18-9-13(16-17-18)10-19(14-5-6-14)8-11-3-2-4-12(15)7-11/h2-4,7,9,14H,5-6,8,10,15H2,1H3. The number of benzene rings is 1. The Hall–Kier alpha value is -1.88. The Labute approximate surface area is 113 Å². The van der Waals surface area contributed by atoms with Crippen molar-refractivity contribution in [1.29, 1.82) is 0 Å². The van der Waals surface area contributed by atoms with E-state index in [2.05, 4.69) is 21.3 Å². The number of hydrogen-bond acceptors (Lipinski definition) is 4. The molecule has 1 aliphatic rings. The van der Waals surface area contributed by atoms with E-state index in [4.69, 9.17) is 5.73 Å². The van der Waals surface area contributed by atoms with Gasteiger partial charge in [-0.25, -0.2) is 0 Å². The van der Waals surface area contributed by atoms with Gasteiger partial charge in [-0.2, -0.15) is 0 Å². The van der Waals surface area contributed by atoms with Gasteiger partial charge in [-0.15, -0.1) is 5.10 Å². The normalized spacial score (nSPS) is 15.1. The van der Waals surface area contributed by atoms with Gasteiger partial charge in [-0.05, 0) is 30.5 Å². The molecule has 0 bridgehead atoms. The van der Waals surface area contributed by atoms with Gasteiger partial charge in [0.05, 0.1) is 5.69 Å². The van der Waals surface area contributed by atoms with Gasteiger partial charge < -0.3 is 5.73 Å². The fraction of sp³-hybridized carbons (Fsp3) is 0.429. The zero-order valence-electron chi connectivity index (χ0n) is 11.2. The van der Waals surface area contributed by atoms with Crippen LogP contribution in [0.2, 0.25) is 0 Å². The average Bonchev–Trinajstić information content (AvgIpc) is 3.13. The van der Waals surface area contributed by atoms with Crippen LogP contribution in [-0.2, 0) is 20.1 Å². The van der Waals surface area contributed by atoms with E-state index in [9.17, 15) is 0 Å². The minimum atomic E-state index is 0.684. The lowest BCUT2D eigenvalue weighted by molar-refractivity contribution is 0.242. The van der Waals surface area contributed by atoms with Crippen molar-refractivity contribution in [2.24, 2.45) is 7.05 Å². The highest BCUT2D eigenvalue weighted by Crippen LogP contribution is 2.29. The highest BCUT2D eigenvalue weighted by molar-refractivity contribution is 5.40. The molecule has 1 saturated carbocycles. The number of aryl methyl sites for hydroxylation is 1. The molecule has 0 saturated heterocycles. The number of aromatic nitrogens is 3. The summed E-state index contributed by atoms with van der Waals surface area (Å²) in [7, 11) is 1.90. The lowest BCUT2D eigenvalue weighted by Gasteiger charge is -2.20. The second-order valence-corrected chi connectivity index (χ2v) is 5.26. The number of nitrogen functional groups attached to an aromatic ring is 1. The minimum Gasteiger partial charge on any atom is -0.399 e. The summed E-state index contributed by atoms with van der Waals surface area (Å²) in [6.45, 7) is 1.78. The maximum Gasteiger partial charge on any atom is 0.0967 e. The molecule has 1 heterocycles. The minimum absolute atomic E-state index is 0.684. The first kappa shape index (κ1) is 12.2. The molecule has 5 nitrogen and oxygen atoms in total. The molecular weight excluding hydrogens is 238 g/mol. The predicted molar refractivity (Wildman–Crippen MR) is 74.1 cm³/mol. The Morgan fingerprint density at radius 3 is 2.84 bits per heavy atom. The first-order valence-electron chi connectivity index (χ1n) is 6.64. The Kier molecular flexibility index (Phi) is 3.21. The third kappa shape index (κ3) is 3.12. The number of nitrogens with two attached hydrogens (primary N) is 1. The molecule has 2 aromatic rings. The van der Waals surface area contributed by atoms with Gasteiger partial charge in [-0.3, -0.25) is 9.58 Å². The summed E-state index contributed by atoms with van der Waals surface area (Å²) in [5.41, 5.74) is 8.95. The molecule has 0 aliphatic heterocycles. The largest absolute Gasteiger partial charge is 0.399 e. The quantitative estimate of drug-likeness (QED) is 0.826. The zero-order valence-corrected chi connectivity index (χ0v) is 11.2. The zero-order chi connectivity index (χ0) is 13.2. The van der Waals surface area contributed by atoms with Gasteiger partial charge in [0.15, 0.2) is 0 Å². The Bertz CT molecular complexity index is 558. The van der Waals surface area contributed by atoms with Crippen LogP contribution in [0.25, 0.3) is 0 Å². The fourth-order valence-corrected chi connectivity index (χ4v) is 2.36. The second-order valence-electron chi connectivity index (χ2n) is 5.26. The first-order valence-corrected chi connectivity index (χ1v) is 6.64. The highest BCUT2D eigenvalue weighted by Gasteiger charge is 2.29.